The van der Waals surface area contributed by atoms with Crippen molar-refractivity contribution in [1.29, 1.82) is 0 Å². The summed E-state index contributed by atoms with van der Waals surface area (Å²) < 4.78 is 10.9. The first-order chi connectivity index (χ1) is 5.14. The summed E-state index contributed by atoms with van der Waals surface area (Å²) in [5.41, 5.74) is 0. The van der Waals surface area contributed by atoms with Crippen molar-refractivity contribution >= 4 is 0 Å². The summed E-state index contributed by atoms with van der Waals surface area (Å²) in [7, 11) is 0. The Labute approximate surface area is 68.2 Å². The highest BCUT2D eigenvalue weighted by atomic mass is 16.7. The molecule has 0 aromatic carbocycles. The molecule has 0 aromatic rings. The third-order valence-corrected chi connectivity index (χ3v) is 1.62. The largest absolute Gasteiger partial charge is 0.347 e. The zero-order chi connectivity index (χ0) is 8.32. The predicted octanol–water partition coefficient (Wildman–Crippen LogP) is 2.10. The molecular formula is C9H16O2. The van der Waals surface area contributed by atoms with Crippen molar-refractivity contribution in [3.8, 4) is 0 Å². The molecule has 1 fully saturated rings. The van der Waals surface area contributed by atoms with Gasteiger partial charge in [-0.25, -0.2) is 0 Å². The lowest BCUT2D eigenvalue weighted by atomic mass is 10.3. The zero-order valence-corrected chi connectivity index (χ0v) is 7.46. The predicted molar refractivity (Wildman–Crippen MR) is 44.3 cm³/mol. The Kier molecular flexibility index (Phi) is 2.68. The number of hydrogen-bond acceptors (Lipinski definition) is 2. The highest BCUT2D eigenvalue weighted by Gasteiger charge is 2.30. The molecule has 0 radical (unpaired) electrons. The van der Waals surface area contributed by atoms with Crippen LogP contribution in [0.1, 0.15) is 27.2 Å². The Morgan fingerprint density at radius 1 is 1.55 bits per heavy atom. The standard InChI is InChI=1S/C9H16O2/c1-4-5-6-8-7-10-9(2,3)11-8/h5-6,8H,4,7H2,1-3H3/b6-5+. The Bertz CT molecular complexity index is 150. The van der Waals surface area contributed by atoms with Crippen molar-refractivity contribution in [2.45, 2.75) is 39.1 Å². The van der Waals surface area contributed by atoms with E-state index in [1.165, 1.54) is 0 Å². The molecule has 0 aromatic heterocycles. The van der Waals surface area contributed by atoms with Crippen molar-refractivity contribution in [2.75, 3.05) is 6.61 Å². The highest BCUT2D eigenvalue weighted by molar-refractivity contribution is 4.92. The summed E-state index contributed by atoms with van der Waals surface area (Å²) in [5, 5.41) is 0. The van der Waals surface area contributed by atoms with Gasteiger partial charge in [-0.05, 0) is 20.3 Å². The normalized spacial score (nSPS) is 29.9. The van der Waals surface area contributed by atoms with E-state index >= 15 is 0 Å². The molecular weight excluding hydrogens is 140 g/mol. The van der Waals surface area contributed by atoms with Gasteiger partial charge in [-0.15, -0.1) is 0 Å². The molecule has 0 aliphatic carbocycles. The van der Waals surface area contributed by atoms with Crippen LogP contribution >= 0.6 is 0 Å². The minimum absolute atomic E-state index is 0.157. The summed E-state index contributed by atoms with van der Waals surface area (Å²) in [6, 6.07) is 0. The molecule has 1 unspecified atom stereocenters. The number of hydrogen-bond donors (Lipinski definition) is 0. The third kappa shape index (κ3) is 2.64. The van der Waals surface area contributed by atoms with Gasteiger partial charge in [0.15, 0.2) is 5.79 Å². The lowest BCUT2D eigenvalue weighted by molar-refractivity contribution is -0.133. The number of ether oxygens (including phenoxy) is 2. The Morgan fingerprint density at radius 2 is 2.27 bits per heavy atom. The van der Waals surface area contributed by atoms with Gasteiger partial charge in [0.05, 0.1) is 6.61 Å². The fourth-order valence-corrected chi connectivity index (χ4v) is 1.10. The van der Waals surface area contributed by atoms with Crippen LogP contribution < -0.4 is 0 Å². The van der Waals surface area contributed by atoms with Crippen LogP contribution in [-0.4, -0.2) is 18.5 Å². The molecule has 1 rings (SSSR count). The van der Waals surface area contributed by atoms with Crippen LogP contribution in [0.2, 0.25) is 0 Å². The number of rotatable bonds is 2. The minimum Gasteiger partial charge on any atom is -0.347 e. The van der Waals surface area contributed by atoms with E-state index in [-0.39, 0.29) is 11.9 Å². The maximum absolute atomic E-state index is 5.54. The Hall–Kier alpha value is -0.340. The molecule has 1 aliphatic heterocycles. The molecule has 2 heteroatoms. The maximum Gasteiger partial charge on any atom is 0.163 e. The summed E-state index contributed by atoms with van der Waals surface area (Å²) >= 11 is 0. The van der Waals surface area contributed by atoms with E-state index in [9.17, 15) is 0 Å². The first-order valence-electron chi connectivity index (χ1n) is 4.12. The maximum atomic E-state index is 5.54. The quantitative estimate of drug-likeness (QED) is 0.570. The smallest absolute Gasteiger partial charge is 0.163 e. The van der Waals surface area contributed by atoms with Gasteiger partial charge in [-0.2, -0.15) is 0 Å². The van der Waals surface area contributed by atoms with Crippen LogP contribution in [0.3, 0.4) is 0 Å². The molecule has 1 saturated heterocycles. The second-order valence-electron chi connectivity index (χ2n) is 3.20. The van der Waals surface area contributed by atoms with Crippen LogP contribution in [0.25, 0.3) is 0 Å². The molecule has 1 atom stereocenters. The lowest BCUT2D eigenvalue weighted by Crippen LogP contribution is -2.20. The molecule has 64 valence electrons. The van der Waals surface area contributed by atoms with Crippen molar-refractivity contribution in [1.82, 2.24) is 0 Å². The lowest BCUT2D eigenvalue weighted by Gasteiger charge is -2.15. The van der Waals surface area contributed by atoms with Crippen LogP contribution in [0.5, 0.6) is 0 Å². The van der Waals surface area contributed by atoms with Gasteiger partial charge in [-0.3, -0.25) is 0 Å². The zero-order valence-electron chi connectivity index (χ0n) is 7.46. The summed E-state index contributed by atoms with van der Waals surface area (Å²) in [6.45, 7) is 6.67. The first-order valence-corrected chi connectivity index (χ1v) is 4.12. The average Bonchev–Trinajstić information content (AvgIpc) is 2.26. The third-order valence-electron chi connectivity index (χ3n) is 1.62. The molecule has 1 aliphatic rings. The molecule has 0 saturated carbocycles. The van der Waals surface area contributed by atoms with Crippen LogP contribution in [0.4, 0.5) is 0 Å². The fraction of sp³-hybridized carbons (Fsp3) is 0.778. The Morgan fingerprint density at radius 3 is 2.73 bits per heavy atom. The number of allylic oxidation sites excluding steroid dienone is 1. The van der Waals surface area contributed by atoms with Gasteiger partial charge < -0.3 is 9.47 Å². The van der Waals surface area contributed by atoms with Crippen molar-refractivity contribution < 1.29 is 9.47 Å². The van der Waals surface area contributed by atoms with E-state index in [1.807, 2.05) is 13.8 Å². The van der Waals surface area contributed by atoms with Crippen LogP contribution in [0, 0.1) is 0 Å². The molecule has 0 spiro atoms. The topological polar surface area (TPSA) is 18.5 Å². The van der Waals surface area contributed by atoms with Crippen LogP contribution in [-0.2, 0) is 9.47 Å². The molecule has 0 amide bonds. The molecule has 0 N–H and O–H groups in total. The SMILES string of the molecule is CC/C=C/C1COC(C)(C)O1. The minimum atomic E-state index is -0.386. The monoisotopic (exact) mass is 156 g/mol. The van der Waals surface area contributed by atoms with Crippen LogP contribution in [0.15, 0.2) is 12.2 Å². The van der Waals surface area contributed by atoms with Gasteiger partial charge >= 0.3 is 0 Å². The van der Waals surface area contributed by atoms with Crippen molar-refractivity contribution in [2.24, 2.45) is 0 Å². The van der Waals surface area contributed by atoms with Gasteiger partial charge in [0.25, 0.3) is 0 Å². The molecule has 2 nitrogen and oxygen atoms in total. The van der Waals surface area contributed by atoms with E-state index in [0.717, 1.165) is 6.42 Å². The average molecular weight is 156 g/mol. The summed E-state index contributed by atoms with van der Waals surface area (Å²) in [6.07, 6.45) is 5.38. The first kappa shape index (κ1) is 8.75. The van der Waals surface area contributed by atoms with Gasteiger partial charge in [0.1, 0.15) is 6.10 Å². The molecule has 11 heavy (non-hydrogen) atoms. The van der Waals surface area contributed by atoms with E-state index in [2.05, 4.69) is 19.1 Å². The van der Waals surface area contributed by atoms with E-state index < -0.39 is 0 Å². The van der Waals surface area contributed by atoms with Crippen molar-refractivity contribution in [3.05, 3.63) is 12.2 Å². The summed E-state index contributed by atoms with van der Waals surface area (Å²) in [4.78, 5) is 0. The molecule has 0 bridgehead atoms. The van der Waals surface area contributed by atoms with Gasteiger partial charge in [-0.1, -0.05) is 19.1 Å². The van der Waals surface area contributed by atoms with E-state index in [0.29, 0.717) is 6.61 Å². The van der Waals surface area contributed by atoms with Gasteiger partial charge in [0, 0.05) is 0 Å². The highest BCUT2D eigenvalue weighted by Crippen LogP contribution is 2.22. The fourth-order valence-electron chi connectivity index (χ4n) is 1.10. The van der Waals surface area contributed by atoms with Gasteiger partial charge in [0.2, 0.25) is 0 Å². The van der Waals surface area contributed by atoms with E-state index in [1.54, 1.807) is 0 Å². The second-order valence-corrected chi connectivity index (χ2v) is 3.20. The Balaban J connectivity index is 2.36. The second kappa shape index (κ2) is 3.37. The van der Waals surface area contributed by atoms with Crippen molar-refractivity contribution in [3.63, 3.8) is 0 Å². The van der Waals surface area contributed by atoms with E-state index in [4.69, 9.17) is 9.47 Å². The summed E-state index contributed by atoms with van der Waals surface area (Å²) in [5.74, 6) is -0.386. The molecule has 1 heterocycles.